The van der Waals surface area contributed by atoms with E-state index in [0.29, 0.717) is 12.3 Å². The quantitative estimate of drug-likeness (QED) is 0.466. The molecule has 0 aliphatic heterocycles. The number of hydrogen-bond donors (Lipinski definition) is 0. The van der Waals surface area contributed by atoms with E-state index in [-0.39, 0.29) is 5.82 Å². The molecule has 0 atom stereocenters. The van der Waals surface area contributed by atoms with Crippen molar-refractivity contribution in [2.45, 2.75) is 6.42 Å². The molecule has 0 fully saturated rings. The van der Waals surface area contributed by atoms with Crippen LogP contribution in [0.25, 0.3) is 16.7 Å². The normalized spacial score (nSPS) is 11.2. The molecule has 0 amide bonds. The van der Waals surface area contributed by atoms with Crippen LogP contribution in [0.3, 0.4) is 0 Å². The maximum atomic E-state index is 13.5. The first-order valence-corrected chi connectivity index (χ1v) is 7.79. The monoisotopic (exact) mass is 400 g/mol. The highest BCUT2D eigenvalue weighted by Crippen LogP contribution is 2.23. The maximum absolute atomic E-state index is 13.5. The first kappa shape index (κ1) is 13.8. The molecule has 0 saturated heterocycles. The minimum atomic E-state index is -0.262. The van der Waals surface area contributed by atoms with Crippen LogP contribution in [0.5, 0.6) is 0 Å². The van der Waals surface area contributed by atoms with E-state index in [2.05, 4.69) is 27.6 Å². The molecule has 0 radical (unpaired) electrons. The van der Waals surface area contributed by atoms with Crippen molar-refractivity contribution in [1.29, 1.82) is 0 Å². The molecule has 2 aromatic carbocycles. The molecular weight excluding hydrogens is 390 g/mol. The Kier molecular flexibility index (Phi) is 3.94. The van der Waals surface area contributed by atoms with E-state index in [1.165, 1.54) is 12.1 Å². The average Bonchev–Trinajstić information content (AvgIpc) is 2.78. The van der Waals surface area contributed by atoms with E-state index < -0.39 is 0 Å². The average molecular weight is 401 g/mol. The Morgan fingerprint density at radius 1 is 1.15 bits per heavy atom. The van der Waals surface area contributed by atoms with Gasteiger partial charge in [-0.15, -0.1) is 11.6 Å². The van der Waals surface area contributed by atoms with Crippen molar-refractivity contribution >= 4 is 45.2 Å². The number of benzene rings is 2. The fourth-order valence-corrected chi connectivity index (χ4v) is 2.76. The maximum Gasteiger partial charge on any atom is 0.125 e. The molecular formula is C15H11ClFIN2. The van der Waals surface area contributed by atoms with Gasteiger partial charge in [-0.2, -0.15) is 0 Å². The summed E-state index contributed by atoms with van der Waals surface area (Å²) in [7, 11) is 0. The zero-order chi connectivity index (χ0) is 14.1. The Hall–Kier alpha value is -1.14. The minimum Gasteiger partial charge on any atom is -0.296 e. The Labute approximate surface area is 134 Å². The van der Waals surface area contributed by atoms with E-state index in [1.54, 1.807) is 6.07 Å². The van der Waals surface area contributed by atoms with Crippen molar-refractivity contribution in [3.8, 4) is 5.69 Å². The summed E-state index contributed by atoms with van der Waals surface area (Å²) in [6.07, 6.45) is 0.643. The summed E-state index contributed by atoms with van der Waals surface area (Å²) >= 11 is 8.11. The molecule has 2 nitrogen and oxygen atoms in total. The fraction of sp³-hybridized carbons (Fsp3) is 0.133. The predicted octanol–water partition coefficient (Wildman–Crippen LogP) is 4.55. The number of rotatable bonds is 3. The zero-order valence-corrected chi connectivity index (χ0v) is 13.4. The molecule has 0 N–H and O–H groups in total. The van der Waals surface area contributed by atoms with E-state index in [1.807, 2.05) is 28.8 Å². The molecule has 0 spiro atoms. The van der Waals surface area contributed by atoms with Crippen LogP contribution < -0.4 is 0 Å². The topological polar surface area (TPSA) is 17.8 Å². The fourth-order valence-electron chi connectivity index (χ4n) is 2.23. The number of fused-ring (bicyclic) bond motifs is 1. The third-order valence-corrected chi connectivity index (χ3v) is 4.00. The Bertz CT molecular complexity index is 752. The third kappa shape index (κ3) is 2.54. The number of nitrogens with zero attached hydrogens (tertiary/aromatic N) is 2. The van der Waals surface area contributed by atoms with Crippen molar-refractivity contribution < 1.29 is 4.39 Å². The first-order chi connectivity index (χ1) is 9.69. The summed E-state index contributed by atoms with van der Waals surface area (Å²) in [4.78, 5) is 4.55. The van der Waals surface area contributed by atoms with Gasteiger partial charge in [0.2, 0.25) is 0 Å². The van der Waals surface area contributed by atoms with Crippen LogP contribution in [-0.2, 0) is 6.42 Å². The van der Waals surface area contributed by atoms with Crippen molar-refractivity contribution in [1.82, 2.24) is 9.55 Å². The van der Waals surface area contributed by atoms with Gasteiger partial charge in [-0.05, 0) is 59.0 Å². The smallest absolute Gasteiger partial charge is 0.125 e. The van der Waals surface area contributed by atoms with Gasteiger partial charge in [0.25, 0.3) is 0 Å². The summed E-state index contributed by atoms with van der Waals surface area (Å²) in [5.41, 5.74) is 2.52. The molecule has 0 aliphatic carbocycles. The van der Waals surface area contributed by atoms with Crippen molar-refractivity contribution in [3.63, 3.8) is 0 Å². The van der Waals surface area contributed by atoms with Crippen LogP contribution in [0.1, 0.15) is 5.82 Å². The van der Waals surface area contributed by atoms with Crippen LogP contribution >= 0.6 is 34.2 Å². The number of alkyl halides is 1. The summed E-state index contributed by atoms with van der Waals surface area (Å²) in [6, 6.07) is 12.7. The molecule has 5 heteroatoms. The molecule has 3 rings (SSSR count). The molecule has 0 bridgehead atoms. The molecule has 102 valence electrons. The number of aromatic nitrogens is 2. The summed E-state index contributed by atoms with van der Waals surface area (Å²) in [6.45, 7) is 0. The molecule has 1 aromatic heterocycles. The van der Waals surface area contributed by atoms with E-state index >= 15 is 0 Å². The second kappa shape index (κ2) is 5.69. The molecule has 1 heterocycles. The SMILES string of the molecule is Fc1ccc2nc(CCCl)n(-c3ccc(I)cc3)c2c1. The van der Waals surface area contributed by atoms with Gasteiger partial charge in [-0.1, -0.05) is 0 Å². The third-order valence-electron chi connectivity index (χ3n) is 3.09. The van der Waals surface area contributed by atoms with Crippen LogP contribution in [0.15, 0.2) is 42.5 Å². The Balaban J connectivity index is 2.27. The lowest BCUT2D eigenvalue weighted by Gasteiger charge is -2.08. The van der Waals surface area contributed by atoms with E-state index in [9.17, 15) is 4.39 Å². The Morgan fingerprint density at radius 2 is 1.90 bits per heavy atom. The lowest BCUT2D eigenvalue weighted by molar-refractivity contribution is 0.629. The number of halogens is 3. The van der Waals surface area contributed by atoms with Crippen molar-refractivity contribution in [2.24, 2.45) is 0 Å². The van der Waals surface area contributed by atoms with E-state index in [0.717, 1.165) is 26.1 Å². The van der Waals surface area contributed by atoms with Gasteiger partial charge in [-0.25, -0.2) is 9.37 Å². The number of hydrogen-bond acceptors (Lipinski definition) is 1. The lowest BCUT2D eigenvalue weighted by atomic mass is 10.2. The van der Waals surface area contributed by atoms with Gasteiger partial charge in [-0.3, -0.25) is 4.57 Å². The van der Waals surface area contributed by atoms with Crippen molar-refractivity contribution in [3.05, 3.63) is 57.7 Å². The van der Waals surface area contributed by atoms with Gasteiger partial charge < -0.3 is 0 Å². The largest absolute Gasteiger partial charge is 0.296 e. The summed E-state index contributed by atoms with van der Waals surface area (Å²) in [5, 5.41) is 0. The van der Waals surface area contributed by atoms with Crippen molar-refractivity contribution in [2.75, 3.05) is 5.88 Å². The second-order valence-corrected chi connectivity index (χ2v) is 6.04. The van der Waals surface area contributed by atoms with Crippen LogP contribution in [0, 0.1) is 9.39 Å². The molecule has 0 unspecified atom stereocenters. The van der Waals surface area contributed by atoms with Gasteiger partial charge in [0, 0.05) is 27.6 Å². The van der Waals surface area contributed by atoms with Gasteiger partial charge in [0.05, 0.1) is 11.0 Å². The zero-order valence-electron chi connectivity index (χ0n) is 10.5. The standard InChI is InChI=1S/C15H11ClFIN2/c16-8-7-15-19-13-6-1-10(17)9-14(13)20(15)12-4-2-11(18)3-5-12/h1-6,9H,7-8H2. The predicted molar refractivity (Wildman–Crippen MR) is 88.2 cm³/mol. The number of aryl methyl sites for hydroxylation is 1. The highest BCUT2D eigenvalue weighted by atomic mass is 127. The molecule has 0 saturated carbocycles. The van der Waals surface area contributed by atoms with Crippen LogP contribution in [0.2, 0.25) is 0 Å². The van der Waals surface area contributed by atoms with Gasteiger partial charge in [0.15, 0.2) is 0 Å². The Morgan fingerprint density at radius 3 is 2.60 bits per heavy atom. The first-order valence-electron chi connectivity index (χ1n) is 6.18. The highest BCUT2D eigenvalue weighted by molar-refractivity contribution is 14.1. The van der Waals surface area contributed by atoms with Crippen LogP contribution in [-0.4, -0.2) is 15.4 Å². The number of imidazole rings is 1. The molecule has 20 heavy (non-hydrogen) atoms. The molecule has 0 aliphatic rings. The highest BCUT2D eigenvalue weighted by Gasteiger charge is 2.12. The van der Waals surface area contributed by atoms with Gasteiger partial charge in [0.1, 0.15) is 11.6 Å². The van der Waals surface area contributed by atoms with Gasteiger partial charge >= 0.3 is 0 Å². The summed E-state index contributed by atoms with van der Waals surface area (Å²) < 4.78 is 16.6. The lowest BCUT2D eigenvalue weighted by Crippen LogP contribution is -2.02. The van der Waals surface area contributed by atoms with E-state index in [4.69, 9.17) is 11.6 Å². The molecule has 3 aromatic rings. The summed E-state index contributed by atoms with van der Waals surface area (Å²) in [5.74, 6) is 1.07. The second-order valence-electron chi connectivity index (χ2n) is 4.41. The van der Waals surface area contributed by atoms with Crippen LogP contribution in [0.4, 0.5) is 4.39 Å². The minimum absolute atomic E-state index is 0.262.